The normalized spacial score (nSPS) is 10.4. The predicted molar refractivity (Wildman–Crippen MR) is 174 cm³/mol. The summed E-state index contributed by atoms with van der Waals surface area (Å²) in [6.07, 6.45) is 0. The summed E-state index contributed by atoms with van der Waals surface area (Å²) in [7, 11) is 0. The summed E-state index contributed by atoms with van der Waals surface area (Å²) >= 11 is 3.39. The van der Waals surface area contributed by atoms with Crippen LogP contribution in [0.25, 0.3) is 0 Å². The lowest BCUT2D eigenvalue weighted by Gasteiger charge is -2.06. The molecule has 6 heteroatoms. The number of halogens is 2. The van der Waals surface area contributed by atoms with Crippen LogP contribution in [0.3, 0.4) is 0 Å². The van der Waals surface area contributed by atoms with Gasteiger partial charge in [-0.1, -0.05) is 59.9 Å². The fraction of sp³-hybridized carbons (Fsp3) is 0. The van der Waals surface area contributed by atoms with Gasteiger partial charge in [-0.25, -0.2) is 8.78 Å². The standard InChI is InChI=1S/C25H18OS2.C13H8F2O/c26-25(19-11-15-23(16-12-19)27-21-7-3-1-4-8-21)20-13-17-24(18-14-20)28-22-9-5-2-6-10-22;14-11-5-1-9(2-6-11)13(16)10-3-7-12(15)8-4-10/h1-18H;1-8H. The highest BCUT2D eigenvalue weighted by molar-refractivity contribution is 7.99. The van der Waals surface area contributed by atoms with E-state index >= 15 is 0 Å². The minimum atomic E-state index is -0.393. The molecule has 0 saturated carbocycles. The van der Waals surface area contributed by atoms with Gasteiger partial charge in [-0.05, 0) is 121 Å². The zero-order valence-corrected chi connectivity index (χ0v) is 25.0. The lowest BCUT2D eigenvalue weighted by Crippen LogP contribution is -2.01. The van der Waals surface area contributed by atoms with Gasteiger partial charge in [0.25, 0.3) is 0 Å². The van der Waals surface area contributed by atoms with E-state index in [-0.39, 0.29) is 11.6 Å². The molecule has 0 aliphatic heterocycles. The molecule has 0 aliphatic rings. The van der Waals surface area contributed by atoms with E-state index in [4.69, 9.17) is 0 Å². The minimum absolute atomic E-state index is 0.0486. The van der Waals surface area contributed by atoms with Crippen LogP contribution in [0.15, 0.2) is 177 Å². The summed E-state index contributed by atoms with van der Waals surface area (Å²) in [5.74, 6) is -0.987. The SMILES string of the molecule is O=C(c1ccc(F)cc1)c1ccc(F)cc1.O=C(c1ccc(Sc2ccccc2)cc1)c1ccc(Sc2ccccc2)cc1. The Labute approximate surface area is 263 Å². The molecular formula is C38H26F2O2S2. The maximum Gasteiger partial charge on any atom is 0.193 e. The number of carbonyl (C=O) groups excluding carboxylic acids is 2. The highest BCUT2D eigenvalue weighted by Crippen LogP contribution is 2.29. The second-order valence-corrected chi connectivity index (χ2v) is 11.8. The van der Waals surface area contributed by atoms with Gasteiger partial charge >= 0.3 is 0 Å². The number of benzene rings is 6. The summed E-state index contributed by atoms with van der Waals surface area (Å²) < 4.78 is 25.3. The Hall–Kier alpha value is -4.78. The number of carbonyl (C=O) groups is 2. The van der Waals surface area contributed by atoms with Crippen LogP contribution in [-0.2, 0) is 0 Å². The minimum Gasteiger partial charge on any atom is -0.289 e. The molecule has 0 saturated heterocycles. The van der Waals surface area contributed by atoms with E-state index in [1.165, 1.54) is 58.3 Å². The van der Waals surface area contributed by atoms with E-state index in [1.54, 1.807) is 23.5 Å². The molecule has 6 aromatic carbocycles. The average molecular weight is 617 g/mol. The number of hydrogen-bond acceptors (Lipinski definition) is 4. The zero-order valence-electron chi connectivity index (χ0n) is 23.4. The number of hydrogen-bond donors (Lipinski definition) is 0. The van der Waals surface area contributed by atoms with E-state index in [1.807, 2.05) is 84.9 Å². The molecule has 2 nitrogen and oxygen atoms in total. The van der Waals surface area contributed by atoms with Crippen molar-refractivity contribution in [1.29, 1.82) is 0 Å². The summed E-state index contributed by atoms with van der Waals surface area (Å²) in [6, 6.07) is 46.6. The van der Waals surface area contributed by atoms with Crippen LogP contribution < -0.4 is 0 Å². The van der Waals surface area contributed by atoms with Crippen LogP contribution >= 0.6 is 23.5 Å². The highest BCUT2D eigenvalue weighted by atomic mass is 32.2. The highest BCUT2D eigenvalue weighted by Gasteiger charge is 2.10. The van der Waals surface area contributed by atoms with Crippen LogP contribution in [0.1, 0.15) is 31.8 Å². The molecule has 0 N–H and O–H groups in total. The van der Waals surface area contributed by atoms with E-state index in [0.29, 0.717) is 22.3 Å². The monoisotopic (exact) mass is 616 g/mol. The van der Waals surface area contributed by atoms with Crippen molar-refractivity contribution in [1.82, 2.24) is 0 Å². The Morgan fingerprint density at radius 1 is 0.341 bits per heavy atom. The van der Waals surface area contributed by atoms with Gasteiger partial charge in [-0.3, -0.25) is 9.59 Å². The van der Waals surface area contributed by atoms with Crippen molar-refractivity contribution in [2.45, 2.75) is 19.6 Å². The van der Waals surface area contributed by atoms with Gasteiger partial charge in [0.15, 0.2) is 11.6 Å². The number of ketones is 2. The van der Waals surface area contributed by atoms with E-state index in [9.17, 15) is 18.4 Å². The second kappa shape index (κ2) is 15.1. The third kappa shape index (κ3) is 8.63. The molecule has 0 amide bonds. The first-order valence-corrected chi connectivity index (χ1v) is 15.3. The van der Waals surface area contributed by atoms with Gasteiger partial charge in [0.05, 0.1) is 0 Å². The van der Waals surface area contributed by atoms with Gasteiger partial charge in [-0.15, -0.1) is 0 Å². The average Bonchev–Trinajstić information content (AvgIpc) is 3.07. The molecule has 6 rings (SSSR count). The van der Waals surface area contributed by atoms with Crippen molar-refractivity contribution >= 4 is 35.1 Å². The second-order valence-electron chi connectivity index (χ2n) is 9.55. The van der Waals surface area contributed by atoms with Crippen molar-refractivity contribution in [3.05, 3.63) is 192 Å². The van der Waals surface area contributed by atoms with Crippen molar-refractivity contribution in [2.75, 3.05) is 0 Å². The molecule has 0 aliphatic carbocycles. The lowest BCUT2D eigenvalue weighted by atomic mass is 10.0. The zero-order chi connectivity index (χ0) is 30.7. The first kappa shape index (κ1) is 30.7. The predicted octanol–water partition coefficient (Wildman–Crippen LogP) is 10.4. The van der Waals surface area contributed by atoms with Gasteiger partial charge < -0.3 is 0 Å². The van der Waals surface area contributed by atoms with Crippen molar-refractivity contribution in [2.24, 2.45) is 0 Å². The molecule has 0 atom stereocenters. The number of rotatable bonds is 8. The maximum atomic E-state index is 12.8. The van der Waals surface area contributed by atoms with Crippen molar-refractivity contribution in [3.8, 4) is 0 Å². The molecule has 6 aromatic rings. The van der Waals surface area contributed by atoms with E-state index in [2.05, 4.69) is 24.3 Å². The molecule has 0 fully saturated rings. The Kier molecular flexibility index (Phi) is 10.5. The molecule has 0 aromatic heterocycles. The summed E-state index contributed by atoms with van der Waals surface area (Å²) in [5.41, 5.74) is 2.18. The first-order chi connectivity index (χ1) is 21.4. The molecule has 0 bridgehead atoms. The largest absolute Gasteiger partial charge is 0.289 e. The molecule has 0 radical (unpaired) electrons. The first-order valence-electron chi connectivity index (χ1n) is 13.7. The Morgan fingerprint density at radius 3 is 0.886 bits per heavy atom. The fourth-order valence-corrected chi connectivity index (χ4v) is 5.81. The summed E-state index contributed by atoms with van der Waals surface area (Å²) in [4.78, 5) is 29.2. The Bertz CT molecular complexity index is 1670. The smallest absolute Gasteiger partial charge is 0.193 e. The van der Waals surface area contributed by atoms with Gasteiger partial charge in [0.2, 0.25) is 0 Å². The molecule has 0 heterocycles. The molecule has 0 unspecified atom stereocenters. The van der Waals surface area contributed by atoms with Gasteiger partial charge in [0, 0.05) is 41.8 Å². The van der Waals surface area contributed by atoms with E-state index < -0.39 is 11.6 Å². The quantitative estimate of drug-likeness (QED) is 0.159. The maximum absolute atomic E-state index is 12.8. The van der Waals surface area contributed by atoms with Crippen molar-refractivity contribution < 1.29 is 18.4 Å². The third-order valence-corrected chi connectivity index (χ3v) is 8.44. The molecule has 44 heavy (non-hydrogen) atoms. The van der Waals surface area contributed by atoms with Crippen LogP contribution in [-0.4, -0.2) is 11.6 Å². The fourth-order valence-electron chi connectivity index (χ4n) is 4.13. The van der Waals surface area contributed by atoms with Crippen LogP contribution in [0.5, 0.6) is 0 Å². The van der Waals surface area contributed by atoms with Crippen molar-refractivity contribution in [3.63, 3.8) is 0 Å². The van der Waals surface area contributed by atoms with Crippen LogP contribution in [0, 0.1) is 11.6 Å². The summed E-state index contributed by atoms with van der Waals surface area (Å²) in [5, 5.41) is 0. The molecule has 216 valence electrons. The lowest BCUT2D eigenvalue weighted by molar-refractivity contribution is 0.103. The third-order valence-electron chi connectivity index (χ3n) is 6.40. The summed E-state index contributed by atoms with van der Waals surface area (Å²) in [6.45, 7) is 0. The Morgan fingerprint density at radius 2 is 0.591 bits per heavy atom. The van der Waals surface area contributed by atoms with Crippen LogP contribution in [0.2, 0.25) is 0 Å². The van der Waals surface area contributed by atoms with Gasteiger partial charge in [0.1, 0.15) is 11.6 Å². The molecular weight excluding hydrogens is 591 g/mol. The van der Waals surface area contributed by atoms with Crippen LogP contribution in [0.4, 0.5) is 8.78 Å². The molecule has 0 spiro atoms. The Balaban J connectivity index is 0.000000204. The van der Waals surface area contributed by atoms with Gasteiger partial charge in [-0.2, -0.15) is 0 Å². The van der Waals surface area contributed by atoms with E-state index in [0.717, 1.165) is 9.79 Å². The topological polar surface area (TPSA) is 34.1 Å².